The number of amides is 1. The summed E-state index contributed by atoms with van der Waals surface area (Å²) >= 11 is 0. The molecule has 0 aromatic rings. The summed E-state index contributed by atoms with van der Waals surface area (Å²) in [4.78, 5) is 13.9. The molecule has 1 N–H and O–H groups in total. The molecule has 1 fully saturated rings. The predicted molar refractivity (Wildman–Crippen MR) is 71.4 cm³/mol. The number of carbonyl (C=O) groups excluding carboxylic acids is 1. The topological polar surface area (TPSA) is 49.8 Å². The van der Waals surface area contributed by atoms with E-state index >= 15 is 0 Å². The van der Waals surface area contributed by atoms with Crippen LogP contribution in [0.2, 0.25) is 0 Å². The van der Waals surface area contributed by atoms with Crippen LogP contribution >= 0.6 is 0 Å². The minimum absolute atomic E-state index is 0.00218. The van der Waals surface area contributed by atoms with Crippen molar-refractivity contribution in [1.29, 1.82) is 0 Å². The Labute approximate surface area is 110 Å². The molecule has 4 nitrogen and oxygen atoms in total. The van der Waals surface area contributed by atoms with Crippen molar-refractivity contribution in [2.24, 2.45) is 11.3 Å². The molecule has 1 aliphatic heterocycles. The first-order valence-electron chi connectivity index (χ1n) is 6.61. The molecule has 1 saturated heterocycles. The van der Waals surface area contributed by atoms with Gasteiger partial charge in [0.25, 0.3) is 0 Å². The number of ether oxygens (including phenoxy) is 1. The second kappa shape index (κ2) is 4.72. The average Bonchev–Trinajstić information content (AvgIpc) is 2.39. The molecule has 0 saturated carbocycles. The first-order valence-corrected chi connectivity index (χ1v) is 6.61. The highest BCUT2D eigenvalue weighted by atomic mass is 16.6. The van der Waals surface area contributed by atoms with Crippen molar-refractivity contribution < 1.29 is 14.6 Å². The zero-order valence-corrected chi connectivity index (χ0v) is 12.7. The minimum Gasteiger partial charge on any atom is -0.444 e. The Hall–Kier alpha value is -0.770. The van der Waals surface area contributed by atoms with E-state index in [0.717, 1.165) is 0 Å². The molecule has 1 amide bonds. The van der Waals surface area contributed by atoms with Gasteiger partial charge in [-0.15, -0.1) is 0 Å². The van der Waals surface area contributed by atoms with Gasteiger partial charge in [0, 0.05) is 12.0 Å². The van der Waals surface area contributed by atoms with Crippen LogP contribution in [0.25, 0.3) is 0 Å². The predicted octanol–water partition coefficient (Wildman–Crippen LogP) is 2.65. The van der Waals surface area contributed by atoms with Crippen LogP contribution in [0.4, 0.5) is 4.79 Å². The van der Waals surface area contributed by atoms with Crippen LogP contribution in [-0.2, 0) is 4.74 Å². The van der Waals surface area contributed by atoms with Gasteiger partial charge in [-0.25, -0.2) is 4.79 Å². The molecule has 1 rings (SSSR count). The van der Waals surface area contributed by atoms with E-state index in [4.69, 9.17) is 4.74 Å². The lowest BCUT2D eigenvalue weighted by atomic mass is 9.80. The lowest BCUT2D eigenvalue weighted by Gasteiger charge is -2.37. The molecular formula is C14H27NO3. The number of hydrogen-bond donors (Lipinski definition) is 1. The number of rotatable bonds is 0. The van der Waals surface area contributed by atoms with Gasteiger partial charge in [0.05, 0.1) is 12.6 Å². The molecular weight excluding hydrogens is 230 g/mol. The van der Waals surface area contributed by atoms with Crippen molar-refractivity contribution >= 4 is 6.09 Å². The molecule has 0 aromatic heterocycles. The number of likely N-dealkylation sites (tertiary alicyclic amines) is 1. The van der Waals surface area contributed by atoms with E-state index in [-0.39, 0.29) is 23.5 Å². The summed E-state index contributed by atoms with van der Waals surface area (Å²) in [6.45, 7) is 14.2. The molecule has 0 aliphatic carbocycles. The normalized spacial score (nSPS) is 29.6. The molecule has 0 radical (unpaired) electrons. The fourth-order valence-electron chi connectivity index (χ4n) is 2.74. The van der Waals surface area contributed by atoms with Gasteiger partial charge in [0.2, 0.25) is 0 Å². The van der Waals surface area contributed by atoms with Gasteiger partial charge >= 0.3 is 6.09 Å². The molecule has 0 bridgehead atoms. The number of aliphatic hydroxyl groups excluding tert-OH is 1. The van der Waals surface area contributed by atoms with Crippen molar-refractivity contribution in [2.75, 3.05) is 6.54 Å². The monoisotopic (exact) mass is 257 g/mol. The Bertz CT molecular complexity index is 314. The highest BCUT2D eigenvalue weighted by Crippen LogP contribution is 2.37. The van der Waals surface area contributed by atoms with E-state index in [9.17, 15) is 9.90 Å². The molecule has 0 spiro atoms. The molecule has 3 atom stereocenters. The Morgan fingerprint density at radius 2 is 1.72 bits per heavy atom. The summed E-state index contributed by atoms with van der Waals surface area (Å²) in [5.41, 5.74) is -0.579. The summed E-state index contributed by atoms with van der Waals surface area (Å²) in [6, 6.07) is 0.00218. The van der Waals surface area contributed by atoms with Gasteiger partial charge in [-0.2, -0.15) is 0 Å². The first kappa shape index (κ1) is 15.3. The van der Waals surface area contributed by atoms with E-state index in [1.54, 1.807) is 4.90 Å². The quantitative estimate of drug-likeness (QED) is 0.726. The molecule has 0 unspecified atom stereocenters. The molecule has 18 heavy (non-hydrogen) atoms. The fourth-order valence-corrected chi connectivity index (χ4v) is 2.74. The minimum atomic E-state index is -0.504. The largest absolute Gasteiger partial charge is 0.444 e. The SMILES string of the molecule is C[C@@H]1[C@@H](C(C)(C)C)N(C(=O)OC(C)(C)C)C[C@@H]1O. The van der Waals surface area contributed by atoms with Crippen LogP contribution in [-0.4, -0.2) is 40.4 Å². The lowest BCUT2D eigenvalue weighted by molar-refractivity contribution is 0.00850. The van der Waals surface area contributed by atoms with Crippen LogP contribution < -0.4 is 0 Å². The van der Waals surface area contributed by atoms with Crippen molar-refractivity contribution in [1.82, 2.24) is 4.90 Å². The number of aliphatic hydroxyl groups is 1. The Kier molecular flexibility index (Phi) is 4.01. The Morgan fingerprint density at radius 1 is 1.22 bits per heavy atom. The van der Waals surface area contributed by atoms with Crippen molar-refractivity contribution in [3.8, 4) is 0 Å². The zero-order chi connectivity index (χ0) is 14.3. The summed E-state index contributed by atoms with van der Waals surface area (Å²) in [5, 5.41) is 10.00. The third-order valence-electron chi connectivity index (χ3n) is 3.34. The fraction of sp³-hybridized carbons (Fsp3) is 0.929. The highest BCUT2D eigenvalue weighted by molar-refractivity contribution is 5.69. The van der Waals surface area contributed by atoms with E-state index in [1.165, 1.54) is 0 Å². The van der Waals surface area contributed by atoms with Crippen LogP contribution in [0.5, 0.6) is 0 Å². The van der Waals surface area contributed by atoms with Gasteiger partial charge in [0.15, 0.2) is 0 Å². The first-order chi connectivity index (χ1) is 7.93. The number of hydrogen-bond acceptors (Lipinski definition) is 3. The Balaban J connectivity index is 2.90. The number of carbonyl (C=O) groups is 1. The maximum Gasteiger partial charge on any atom is 0.410 e. The maximum atomic E-state index is 12.2. The van der Waals surface area contributed by atoms with Crippen molar-refractivity contribution in [3.05, 3.63) is 0 Å². The van der Waals surface area contributed by atoms with Crippen LogP contribution in [0.3, 0.4) is 0 Å². The van der Waals surface area contributed by atoms with Gasteiger partial charge in [-0.3, -0.25) is 0 Å². The number of β-amino-alcohol motifs (C(OH)–C–C–N with tert-alkyl or cyclic N) is 1. The van der Waals surface area contributed by atoms with E-state index < -0.39 is 11.7 Å². The third-order valence-corrected chi connectivity index (χ3v) is 3.34. The smallest absolute Gasteiger partial charge is 0.410 e. The molecule has 1 heterocycles. The van der Waals surface area contributed by atoms with Crippen LogP contribution in [0.15, 0.2) is 0 Å². The van der Waals surface area contributed by atoms with Gasteiger partial charge in [0.1, 0.15) is 5.60 Å². The molecule has 4 heteroatoms. The van der Waals surface area contributed by atoms with Crippen molar-refractivity contribution in [2.45, 2.75) is 66.2 Å². The van der Waals surface area contributed by atoms with Gasteiger partial charge < -0.3 is 14.7 Å². The van der Waals surface area contributed by atoms with E-state index in [0.29, 0.717) is 6.54 Å². The molecule has 1 aliphatic rings. The number of nitrogens with zero attached hydrogens (tertiary/aromatic N) is 1. The van der Waals surface area contributed by atoms with Gasteiger partial charge in [-0.05, 0) is 26.2 Å². The Morgan fingerprint density at radius 3 is 2.11 bits per heavy atom. The van der Waals surface area contributed by atoms with Crippen LogP contribution in [0.1, 0.15) is 48.5 Å². The van der Waals surface area contributed by atoms with E-state index in [2.05, 4.69) is 20.8 Å². The standard InChI is InChI=1S/C14H27NO3/c1-9-10(16)8-15(11(9)13(2,3)4)12(17)18-14(5,6)7/h9-11,16H,8H2,1-7H3/t9-,10-,11-/m0/s1. The van der Waals surface area contributed by atoms with Crippen molar-refractivity contribution in [3.63, 3.8) is 0 Å². The summed E-state index contributed by atoms with van der Waals surface area (Å²) < 4.78 is 5.42. The molecule has 106 valence electrons. The van der Waals surface area contributed by atoms with Crippen LogP contribution in [0, 0.1) is 11.3 Å². The second-order valence-corrected chi connectivity index (χ2v) is 7.37. The highest BCUT2D eigenvalue weighted by Gasteiger charge is 2.47. The maximum absolute atomic E-state index is 12.2. The average molecular weight is 257 g/mol. The molecule has 0 aromatic carbocycles. The summed E-state index contributed by atoms with van der Waals surface area (Å²) in [7, 11) is 0. The summed E-state index contributed by atoms with van der Waals surface area (Å²) in [5.74, 6) is 0.0671. The van der Waals surface area contributed by atoms with Gasteiger partial charge in [-0.1, -0.05) is 27.7 Å². The third kappa shape index (κ3) is 3.37. The lowest BCUT2D eigenvalue weighted by Crippen LogP contribution is -2.47. The van der Waals surface area contributed by atoms with E-state index in [1.807, 2.05) is 27.7 Å². The summed E-state index contributed by atoms with van der Waals surface area (Å²) in [6.07, 6.45) is -0.799. The zero-order valence-electron chi connectivity index (χ0n) is 12.7. The second-order valence-electron chi connectivity index (χ2n) is 7.37.